The van der Waals surface area contributed by atoms with Crippen LogP contribution in [0.15, 0.2) is 28.8 Å². The first-order valence-electron chi connectivity index (χ1n) is 6.57. The van der Waals surface area contributed by atoms with Gasteiger partial charge < -0.3 is 14.9 Å². The van der Waals surface area contributed by atoms with Gasteiger partial charge in [0.25, 0.3) is 5.91 Å². The molecule has 5 heteroatoms. The first-order valence-corrected chi connectivity index (χ1v) is 6.57. The van der Waals surface area contributed by atoms with E-state index >= 15 is 0 Å². The minimum absolute atomic E-state index is 0.262. The number of aromatic nitrogens is 1. The molecular weight excluding hydrogens is 256 g/mol. The summed E-state index contributed by atoms with van der Waals surface area (Å²) in [6.07, 6.45) is -0.0419. The van der Waals surface area contributed by atoms with E-state index in [2.05, 4.69) is 10.5 Å². The van der Waals surface area contributed by atoms with E-state index in [-0.39, 0.29) is 11.9 Å². The zero-order valence-electron chi connectivity index (χ0n) is 11.4. The normalized spacial score (nSPS) is 20.8. The predicted octanol–water partition coefficient (Wildman–Crippen LogP) is 1.68. The van der Waals surface area contributed by atoms with E-state index in [9.17, 15) is 9.90 Å². The molecule has 5 nitrogen and oxygen atoms in total. The molecule has 3 rings (SSSR count). The molecule has 1 aliphatic carbocycles. The quantitative estimate of drug-likeness (QED) is 0.872. The Bertz CT molecular complexity index is 643. The van der Waals surface area contributed by atoms with Crippen molar-refractivity contribution in [3.8, 4) is 0 Å². The lowest BCUT2D eigenvalue weighted by atomic mass is 10.1. The van der Waals surface area contributed by atoms with Crippen molar-refractivity contribution in [3.05, 3.63) is 52.4 Å². The number of benzene rings is 1. The molecule has 0 spiro atoms. The van der Waals surface area contributed by atoms with Crippen LogP contribution in [0.4, 0.5) is 0 Å². The second-order valence-electron chi connectivity index (χ2n) is 5.12. The summed E-state index contributed by atoms with van der Waals surface area (Å²) in [5.74, 6) is 0.225. The van der Waals surface area contributed by atoms with Crippen LogP contribution in [0.1, 0.15) is 39.0 Å². The van der Waals surface area contributed by atoms with Gasteiger partial charge in [-0.15, -0.1) is 0 Å². The largest absolute Gasteiger partial charge is 0.390 e. The molecule has 0 fully saturated rings. The molecule has 1 amide bonds. The molecule has 1 aromatic heterocycles. The van der Waals surface area contributed by atoms with Crippen molar-refractivity contribution in [3.63, 3.8) is 0 Å². The van der Waals surface area contributed by atoms with E-state index in [4.69, 9.17) is 4.52 Å². The summed E-state index contributed by atoms with van der Waals surface area (Å²) < 4.78 is 5.00. The fourth-order valence-corrected chi connectivity index (χ4v) is 2.77. The maximum absolute atomic E-state index is 12.3. The van der Waals surface area contributed by atoms with Gasteiger partial charge in [-0.05, 0) is 25.0 Å². The molecule has 2 aromatic rings. The van der Waals surface area contributed by atoms with Gasteiger partial charge in [-0.2, -0.15) is 0 Å². The number of nitrogens with zero attached hydrogens (tertiary/aromatic N) is 1. The molecule has 0 aliphatic heterocycles. The van der Waals surface area contributed by atoms with Gasteiger partial charge >= 0.3 is 0 Å². The molecule has 0 radical (unpaired) electrons. The maximum atomic E-state index is 12.3. The SMILES string of the molecule is Cc1noc(C)c1C(=O)N[C@H]1c2ccccc2C[C@H]1O. The number of amides is 1. The van der Waals surface area contributed by atoms with Crippen molar-refractivity contribution < 1.29 is 14.4 Å². The summed E-state index contributed by atoms with van der Waals surface area (Å²) in [5.41, 5.74) is 3.05. The lowest BCUT2D eigenvalue weighted by Crippen LogP contribution is -2.34. The van der Waals surface area contributed by atoms with Crippen LogP contribution in [0.2, 0.25) is 0 Å². The Balaban J connectivity index is 1.87. The van der Waals surface area contributed by atoms with E-state index in [1.807, 2.05) is 24.3 Å². The zero-order chi connectivity index (χ0) is 14.3. The summed E-state index contributed by atoms with van der Waals surface area (Å²) in [4.78, 5) is 12.3. The van der Waals surface area contributed by atoms with Gasteiger partial charge in [0.05, 0.1) is 17.8 Å². The van der Waals surface area contributed by atoms with Gasteiger partial charge in [0, 0.05) is 6.42 Å². The lowest BCUT2D eigenvalue weighted by molar-refractivity contribution is 0.0856. The third kappa shape index (κ3) is 2.00. The van der Waals surface area contributed by atoms with Gasteiger partial charge in [0.2, 0.25) is 0 Å². The van der Waals surface area contributed by atoms with Crippen molar-refractivity contribution in [1.82, 2.24) is 10.5 Å². The first kappa shape index (κ1) is 12.9. The third-order valence-electron chi connectivity index (χ3n) is 3.75. The average molecular weight is 272 g/mol. The standard InChI is InChI=1S/C15H16N2O3/c1-8-13(9(2)20-17-8)15(19)16-14-11-6-4-3-5-10(11)7-12(14)18/h3-6,12,14,18H,7H2,1-2H3,(H,16,19)/t12-,14+/m1/s1. The Labute approximate surface area is 116 Å². The van der Waals surface area contributed by atoms with E-state index in [1.165, 1.54) is 0 Å². The first-order chi connectivity index (χ1) is 9.58. The van der Waals surface area contributed by atoms with E-state index in [0.29, 0.717) is 23.4 Å². The molecule has 1 aromatic carbocycles. The molecular formula is C15H16N2O3. The molecule has 0 unspecified atom stereocenters. The minimum Gasteiger partial charge on any atom is -0.390 e. The fourth-order valence-electron chi connectivity index (χ4n) is 2.77. The molecule has 2 atom stereocenters. The highest BCUT2D eigenvalue weighted by atomic mass is 16.5. The van der Waals surface area contributed by atoms with Crippen LogP contribution < -0.4 is 5.32 Å². The van der Waals surface area contributed by atoms with Gasteiger partial charge in [0.15, 0.2) is 0 Å². The molecule has 0 saturated heterocycles. The summed E-state index contributed by atoms with van der Waals surface area (Å²) in [5, 5.41) is 16.8. The van der Waals surface area contributed by atoms with Crippen LogP contribution in [-0.4, -0.2) is 22.3 Å². The van der Waals surface area contributed by atoms with E-state index in [0.717, 1.165) is 11.1 Å². The molecule has 20 heavy (non-hydrogen) atoms. The van der Waals surface area contributed by atoms with Gasteiger partial charge in [-0.25, -0.2) is 0 Å². The van der Waals surface area contributed by atoms with Crippen LogP contribution in [0.3, 0.4) is 0 Å². The highest BCUT2D eigenvalue weighted by Crippen LogP contribution is 2.31. The number of aliphatic hydroxyl groups excluding tert-OH is 1. The minimum atomic E-state index is -0.600. The number of hydrogen-bond donors (Lipinski definition) is 2. The number of hydrogen-bond acceptors (Lipinski definition) is 4. The van der Waals surface area contributed by atoms with Crippen LogP contribution in [0.25, 0.3) is 0 Å². The van der Waals surface area contributed by atoms with Crippen LogP contribution in [0.5, 0.6) is 0 Å². The van der Waals surface area contributed by atoms with Crippen LogP contribution in [-0.2, 0) is 6.42 Å². The second kappa shape index (κ2) is 4.76. The summed E-state index contributed by atoms with van der Waals surface area (Å²) in [6.45, 7) is 3.43. The Morgan fingerprint density at radius 1 is 1.40 bits per heavy atom. The average Bonchev–Trinajstić information content (AvgIpc) is 2.91. The second-order valence-corrected chi connectivity index (χ2v) is 5.12. The van der Waals surface area contributed by atoms with Crippen molar-refractivity contribution in [2.24, 2.45) is 0 Å². The van der Waals surface area contributed by atoms with Gasteiger partial charge in [-0.1, -0.05) is 29.4 Å². The Morgan fingerprint density at radius 3 is 2.85 bits per heavy atom. The highest BCUT2D eigenvalue weighted by Gasteiger charge is 2.33. The van der Waals surface area contributed by atoms with Crippen LogP contribution >= 0.6 is 0 Å². The summed E-state index contributed by atoms with van der Waals surface area (Å²) >= 11 is 0. The summed E-state index contributed by atoms with van der Waals surface area (Å²) in [7, 11) is 0. The number of carbonyl (C=O) groups is 1. The van der Waals surface area contributed by atoms with Gasteiger partial charge in [0.1, 0.15) is 11.3 Å². The molecule has 1 aliphatic rings. The zero-order valence-corrected chi connectivity index (χ0v) is 11.4. The van der Waals surface area contributed by atoms with E-state index < -0.39 is 6.10 Å². The number of aliphatic hydroxyl groups is 1. The van der Waals surface area contributed by atoms with Crippen molar-refractivity contribution in [2.45, 2.75) is 32.4 Å². The molecule has 0 saturated carbocycles. The van der Waals surface area contributed by atoms with E-state index in [1.54, 1.807) is 13.8 Å². The monoisotopic (exact) mass is 272 g/mol. The van der Waals surface area contributed by atoms with Gasteiger partial charge in [-0.3, -0.25) is 4.79 Å². The molecule has 0 bridgehead atoms. The lowest BCUT2D eigenvalue weighted by Gasteiger charge is -2.17. The van der Waals surface area contributed by atoms with Crippen molar-refractivity contribution in [2.75, 3.05) is 0 Å². The number of rotatable bonds is 2. The Hall–Kier alpha value is -2.14. The number of fused-ring (bicyclic) bond motifs is 1. The number of carbonyl (C=O) groups excluding carboxylic acids is 1. The Kier molecular flexibility index (Phi) is 3.06. The molecule has 104 valence electrons. The third-order valence-corrected chi connectivity index (χ3v) is 3.75. The van der Waals surface area contributed by atoms with Crippen molar-refractivity contribution >= 4 is 5.91 Å². The Morgan fingerprint density at radius 2 is 2.15 bits per heavy atom. The fraction of sp³-hybridized carbons (Fsp3) is 0.333. The van der Waals surface area contributed by atoms with Crippen molar-refractivity contribution in [1.29, 1.82) is 0 Å². The number of aryl methyl sites for hydroxylation is 2. The topological polar surface area (TPSA) is 75.4 Å². The molecule has 2 N–H and O–H groups in total. The summed E-state index contributed by atoms with van der Waals surface area (Å²) in [6, 6.07) is 7.37. The smallest absolute Gasteiger partial charge is 0.257 e. The predicted molar refractivity (Wildman–Crippen MR) is 72.3 cm³/mol. The number of nitrogens with one attached hydrogen (secondary N) is 1. The maximum Gasteiger partial charge on any atom is 0.257 e. The molecule has 1 heterocycles. The van der Waals surface area contributed by atoms with Crippen LogP contribution in [0, 0.1) is 13.8 Å². The highest BCUT2D eigenvalue weighted by molar-refractivity contribution is 5.96.